The number of alkyl halides is 2. The van der Waals surface area contributed by atoms with E-state index in [9.17, 15) is 18.0 Å². The molecule has 0 saturated carbocycles. The van der Waals surface area contributed by atoms with E-state index in [1.54, 1.807) is 40.9 Å². The van der Waals surface area contributed by atoms with Crippen molar-refractivity contribution in [2.24, 2.45) is 7.05 Å². The van der Waals surface area contributed by atoms with Gasteiger partial charge in [-0.2, -0.15) is 19.0 Å². The third kappa shape index (κ3) is 4.00. The van der Waals surface area contributed by atoms with Gasteiger partial charge < -0.3 is 10.2 Å². The van der Waals surface area contributed by atoms with Gasteiger partial charge in [0.15, 0.2) is 0 Å². The Morgan fingerprint density at radius 1 is 1.09 bits per heavy atom. The quantitative estimate of drug-likeness (QED) is 0.481. The lowest BCUT2D eigenvalue weighted by Crippen LogP contribution is -2.46. The van der Waals surface area contributed by atoms with Crippen LogP contribution >= 0.6 is 0 Å². The number of anilines is 1. The molecule has 5 rings (SSSR count). The van der Waals surface area contributed by atoms with Crippen molar-refractivity contribution in [3.8, 4) is 5.69 Å². The van der Waals surface area contributed by atoms with Crippen LogP contribution in [0.2, 0.25) is 0 Å². The molecule has 0 bridgehead atoms. The van der Waals surface area contributed by atoms with Crippen LogP contribution in [0.4, 0.5) is 18.9 Å². The molecule has 176 valence electrons. The van der Waals surface area contributed by atoms with Crippen molar-refractivity contribution in [1.82, 2.24) is 24.9 Å². The van der Waals surface area contributed by atoms with Crippen LogP contribution < -0.4 is 10.2 Å². The minimum Gasteiger partial charge on any atom is -0.362 e. The third-order valence-electron chi connectivity index (χ3n) is 6.13. The Morgan fingerprint density at radius 3 is 2.50 bits per heavy atom. The monoisotopic (exact) mass is 468 g/mol. The first-order valence-corrected chi connectivity index (χ1v) is 10.9. The summed E-state index contributed by atoms with van der Waals surface area (Å²) in [6.45, 7) is 1.16. The molecule has 2 aromatic carbocycles. The van der Waals surface area contributed by atoms with Gasteiger partial charge in [-0.25, -0.2) is 9.07 Å². The number of benzene rings is 2. The summed E-state index contributed by atoms with van der Waals surface area (Å²) in [7, 11) is 1.78. The van der Waals surface area contributed by atoms with Gasteiger partial charge >= 0.3 is 5.92 Å². The highest BCUT2D eigenvalue weighted by Crippen LogP contribution is 2.38. The van der Waals surface area contributed by atoms with Crippen LogP contribution in [0.1, 0.15) is 24.9 Å². The van der Waals surface area contributed by atoms with Gasteiger partial charge in [0.2, 0.25) is 0 Å². The van der Waals surface area contributed by atoms with Crippen molar-refractivity contribution in [1.29, 1.82) is 0 Å². The molecule has 0 aliphatic carbocycles. The molecule has 34 heavy (non-hydrogen) atoms. The maximum absolute atomic E-state index is 13.6. The molecular weight excluding hydrogens is 445 g/mol. The molecule has 10 heteroatoms. The van der Waals surface area contributed by atoms with Crippen molar-refractivity contribution < 1.29 is 18.0 Å². The van der Waals surface area contributed by atoms with Gasteiger partial charge in [0.1, 0.15) is 5.82 Å². The van der Waals surface area contributed by atoms with E-state index in [0.717, 1.165) is 27.8 Å². The number of hydrogen-bond donors (Lipinski definition) is 1. The number of aryl methyl sites for hydroxylation is 1. The predicted molar refractivity (Wildman–Crippen MR) is 121 cm³/mol. The SMILES string of the molecule is Cn1cc([C@@H]2[C@H](NC(=O)C(C)(F)F)CCN2c2ccc3c(cnn3-c3ccc(F)cc3)c2)cn1. The van der Waals surface area contributed by atoms with E-state index in [0.29, 0.717) is 19.9 Å². The molecule has 1 N–H and O–H groups in total. The molecule has 1 saturated heterocycles. The topological polar surface area (TPSA) is 68.0 Å². The predicted octanol–water partition coefficient (Wildman–Crippen LogP) is 3.99. The normalized spacial score (nSPS) is 18.6. The third-order valence-corrected chi connectivity index (χ3v) is 6.13. The second-order valence-electron chi connectivity index (χ2n) is 8.62. The maximum atomic E-state index is 13.6. The zero-order chi connectivity index (χ0) is 24.0. The average molecular weight is 468 g/mol. The Bertz CT molecular complexity index is 1340. The minimum atomic E-state index is -3.46. The summed E-state index contributed by atoms with van der Waals surface area (Å²) in [6.07, 6.45) is 5.76. The first-order valence-electron chi connectivity index (χ1n) is 10.9. The Morgan fingerprint density at radius 2 is 1.82 bits per heavy atom. The number of halogens is 3. The standard InChI is InChI=1S/C24H23F3N6O/c1-24(26,27)23(34)30-20-9-10-32(22(20)16-13-28-31(2)14-16)19-7-8-21-15(11-19)12-29-33(21)18-5-3-17(25)4-6-18/h3-8,11-14,20,22H,9-10H2,1-2H3,(H,30,34)/t20-,22-/m1/s1. The van der Waals surface area contributed by atoms with Crippen molar-refractivity contribution in [3.05, 3.63) is 72.4 Å². The molecule has 0 spiro atoms. The van der Waals surface area contributed by atoms with Crippen molar-refractivity contribution >= 4 is 22.5 Å². The number of carbonyl (C=O) groups excluding carboxylic acids is 1. The lowest BCUT2D eigenvalue weighted by atomic mass is 10.0. The molecule has 0 radical (unpaired) electrons. The molecule has 3 heterocycles. The van der Waals surface area contributed by atoms with Crippen LogP contribution in [-0.4, -0.2) is 44.0 Å². The van der Waals surface area contributed by atoms with E-state index in [1.165, 1.54) is 12.1 Å². The Hall–Kier alpha value is -3.82. The maximum Gasteiger partial charge on any atom is 0.321 e. The second-order valence-corrected chi connectivity index (χ2v) is 8.62. The summed E-state index contributed by atoms with van der Waals surface area (Å²) in [4.78, 5) is 14.1. The molecular formula is C24H23F3N6O. The number of amides is 1. The molecule has 1 fully saturated rings. The van der Waals surface area contributed by atoms with Crippen LogP contribution in [0.25, 0.3) is 16.6 Å². The molecule has 2 aromatic heterocycles. The van der Waals surface area contributed by atoms with Gasteiger partial charge in [0, 0.05) is 43.4 Å². The zero-order valence-electron chi connectivity index (χ0n) is 18.6. The number of nitrogens with one attached hydrogen (secondary N) is 1. The van der Waals surface area contributed by atoms with E-state index < -0.39 is 17.9 Å². The summed E-state index contributed by atoms with van der Waals surface area (Å²) >= 11 is 0. The highest BCUT2D eigenvalue weighted by atomic mass is 19.3. The van der Waals surface area contributed by atoms with Crippen LogP contribution in [0, 0.1) is 5.82 Å². The van der Waals surface area contributed by atoms with E-state index in [4.69, 9.17) is 0 Å². The Labute approximate surface area is 193 Å². The molecule has 0 unspecified atom stereocenters. The number of fused-ring (bicyclic) bond motifs is 1. The summed E-state index contributed by atoms with van der Waals surface area (Å²) in [6, 6.07) is 11.1. The smallest absolute Gasteiger partial charge is 0.321 e. The second kappa shape index (κ2) is 8.19. The average Bonchev–Trinajstić information content (AvgIpc) is 3.51. The van der Waals surface area contributed by atoms with Crippen LogP contribution in [0.15, 0.2) is 61.1 Å². The van der Waals surface area contributed by atoms with Crippen LogP contribution in [0.3, 0.4) is 0 Å². The fourth-order valence-corrected chi connectivity index (χ4v) is 4.52. The summed E-state index contributed by atoms with van der Waals surface area (Å²) < 4.78 is 43.9. The van der Waals surface area contributed by atoms with Gasteiger partial charge in [-0.15, -0.1) is 0 Å². The number of rotatable bonds is 5. The van der Waals surface area contributed by atoms with Crippen molar-refractivity contribution in [2.45, 2.75) is 31.4 Å². The first kappa shape index (κ1) is 22.0. The first-order chi connectivity index (χ1) is 16.2. The molecule has 7 nitrogen and oxygen atoms in total. The lowest BCUT2D eigenvalue weighted by Gasteiger charge is -2.30. The lowest BCUT2D eigenvalue weighted by molar-refractivity contribution is -0.143. The van der Waals surface area contributed by atoms with Crippen LogP contribution in [0.5, 0.6) is 0 Å². The van der Waals surface area contributed by atoms with E-state index in [-0.39, 0.29) is 11.9 Å². The van der Waals surface area contributed by atoms with Crippen molar-refractivity contribution in [2.75, 3.05) is 11.4 Å². The largest absolute Gasteiger partial charge is 0.362 e. The van der Waals surface area contributed by atoms with Gasteiger partial charge in [0.25, 0.3) is 5.91 Å². The number of hydrogen-bond acceptors (Lipinski definition) is 4. The summed E-state index contributed by atoms with van der Waals surface area (Å²) in [5.74, 6) is -5.06. The van der Waals surface area contributed by atoms with Crippen LogP contribution in [-0.2, 0) is 11.8 Å². The van der Waals surface area contributed by atoms with E-state index in [1.807, 2.05) is 24.4 Å². The fourth-order valence-electron chi connectivity index (χ4n) is 4.52. The van der Waals surface area contributed by atoms with Crippen molar-refractivity contribution in [3.63, 3.8) is 0 Å². The zero-order valence-corrected chi connectivity index (χ0v) is 18.6. The fraction of sp³-hybridized carbons (Fsp3) is 0.292. The Kier molecular flexibility index (Phi) is 5.30. The van der Waals surface area contributed by atoms with Gasteiger partial charge in [-0.05, 0) is 48.9 Å². The number of aromatic nitrogens is 4. The highest BCUT2D eigenvalue weighted by Gasteiger charge is 2.41. The number of carbonyl (C=O) groups is 1. The van der Waals surface area contributed by atoms with Gasteiger partial charge in [-0.3, -0.25) is 9.48 Å². The molecule has 1 amide bonds. The molecule has 2 atom stereocenters. The Balaban J connectivity index is 1.49. The van der Waals surface area contributed by atoms with Gasteiger partial charge in [-0.1, -0.05) is 0 Å². The molecule has 4 aromatic rings. The highest BCUT2D eigenvalue weighted by molar-refractivity contribution is 5.85. The van der Waals surface area contributed by atoms with Gasteiger partial charge in [0.05, 0.1) is 35.7 Å². The minimum absolute atomic E-state index is 0.319. The van der Waals surface area contributed by atoms with E-state index >= 15 is 0 Å². The summed E-state index contributed by atoms with van der Waals surface area (Å²) in [5, 5.41) is 12.1. The molecule has 1 aliphatic rings. The summed E-state index contributed by atoms with van der Waals surface area (Å²) in [5.41, 5.74) is 3.29. The number of nitrogens with zero attached hydrogens (tertiary/aromatic N) is 5. The van der Waals surface area contributed by atoms with E-state index in [2.05, 4.69) is 20.4 Å². The molecule has 1 aliphatic heterocycles.